The lowest BCUT2D eigenvalue weighted by molar-refractivity contribution is -0.159. The molecular formula is C18H18N2O2. The molecule has 0 bridgehead atoms. The molecule has 2 aliphatic heterocycles. The Bertz CT molecular complexity index is 674. The van der Waals surface area contributed by atoms with E-state index in [2.05, 4.69) is 17.4 Å². The Balaban J connectivity index is 1.80. The van der Waals surface area contributed by atoms with E-state index in [-0.39, 0.29) is 11.9 Å². The van der Waals surface area contributed by atoms with Crippen molar-refractivity contribution in [2.45, 2.75) is 11.8 Å². The molecule has 0 aliphatic carbocycles. The highest BCUT2D eigenvalue weighted by atomic mass is 16.5. The van der Waals surface area contributed by atoms with Crippen molar-refractivity contribution >= 4 is 5.91 Å². The van der Waals surface area contributed by atoms with Crippen LogP contribution in [0.4, 0.5) is 0 Å². The molecule has 1 N–H and O–H groups in total. The van der Waals surface area contributed by atoms with Gasteiger partial charge < -0.3 is 10.1 Å². The van der Waals surface area contributed by atoms with Crippen LogP contribution in [0.2, 0.25) is 0 Å². The number of benzene rings is 2. The second kappa shape index (κ2) is 5.23. The number of nitrogens with zero attached hydrogens (tertiary/aromatic N) is 1. The summed E-state index contributed by atoms with van der Waals surface area (Å²) in [5, 5.41) is 3.20. The number of hydrogen-bond acceptors (Lipinski definition) is 3. The van der Waals surface area contributed by atoms with Crippen molar-refractivity contribution in [1.82, 2.24) is 10.2 Å². The van der Waals surface area contributed by atoms with Crippen molar-refractivity contribution in [2.75, 3.05) is 19.7 Å². The highest BCUT2D eigenvalue weighted by Gasteiger charge is 2.53. The predicted molar refractivity (Wildman–Crippen MR) is 83.0 cm³/mol. The molecule has 0 radical (unpaired) electrons. The average molecular weight is 294 g/mol. The van der Waals surface area contributed by atoms with Crippen LogP contribution in [0.3, 0.4) is 0 Å². The number of ether oxygens (including phenoxy) is 1. The van der Waals surface area contributed by atoms with Gasteiger partial charge in [0.15, 0.2) is 5.72 Å². The first kappa shape index (κ1) is 13.5. The van der Waals surface area contributed by atoms with Gasteiger partial charge in [-0.15, -0.1) is 0 Å². The number of piperazine rings is 1. The fourth-order valence-electron chi connectivity index (χ4n) is 3.49. The molecule has 22 heavy (non-hydrogen) atoms. The molecule has 2 aromatic carbocycles. The number of fused-ring (bicyclic) bond motifs is 1. The summed E-state index contributed by atoms with van der Waals surface area (Å²) < 4.78 is 6.21. The van der Waals surface area contributed by atoms with Crippen molar-refractivity contribution in [2.24, 2.45) is 0 Å². The fourth-order valence-corrected chi connectivity index (χ4v) is 3.49. The maximum absolute atomic E-state index is 12.6. The lowest BCUT2D eigenvalue weighted by Gasteiger charge is -2.43. The number of amides is 1. The molecule has 0 spiro atoms. The summed E-state index contributed by atoms with van der Waals surface area (Å²) in [6.45, 7) is 1.50. The van der Waals surface area contributed by atoms with Crippen LogP contribution in [-0.2, 0) is 15.3 Å². The summed E-state index contributed by atoms with van der Waals surface area (Å²) in [5.74, 6) is 0.0847. The van der Waals surface area contributed by atoms with Crippen molar-refractivity contribution < 1.29 is 9.53 Å². The summed E-state index contributed by atoms with van der Waals surface area (Å²) in [4.78, 5) is 14.5. The number of carbonyl (C=O) groups is 1. The van der Waals surface area contributed by atoms with E-state index in [9.17, 15) is 4.79 Å². The summed E-state index contributed by atoms with van der Waals surface area (Å²) >= 11 is 0. The first-order chi connectivity index (χ1) is 10.8. The quantitative estimate of drug-likeness (QED) is 0.921. The van der Waals surface area contributed by atoms with Crippen molar-refractivity contribution in [3.63, 3.8) is 0 Å². The molecule has 2 aromatic rings. The van der Waals surface area contributed by atoms with Gasteiger partial charge in [-0.2, -0.15) is 0 Å². The molecule has 0 saturated carbocycles. The van der Waals surface area contributed by atoms with Crippen LogP contribution in [0.15, 0.2) is 60.7 Å². The molecule has 2 saturated heterocycles. The Hall–Kier alpha value is -2.17. The number of hydrogen-bond donors (Lipinski definition) is 1. The van der Waals surface area contributed by atoms with Gasteiger partial charge in [0.25, 0.3) is 0 Å². The van der Waals surface area contributed by atoms with E-state index in [1.54, 1.807) is 0 Å². The van der Waals surface area contributed by atoms with Gasteiger partial charge in [-0.25, -0.2) is 0 Å². The first-order valence-electron chi connectivity index (χ1n) is 7.58. The molecular weight excluding hydrogens is 276 g/mol. The summed E-state index contributed by atoms with van der Waals surface area (Å²) in [7, 11) is 0. The van der Waals surface area contributed by atoms with Gasteiger partial charge in [0.05, 0.1) is 19.2 Å². The van der Waals surface area contributed by atoms with Gasteiger partial charge in [-0.3, -0.25) is 9.69 Å². The lowest BCUT2D eigenvalue weighted by atomic mass is 9.96. The van der Waals surface area contributed by atoms with Crippen LogP contribution >= 0.6 is 0 Å². The normalized spacial score (nSPS) is 27.7. The topological polar surface area (TPSA) is 41.6 Å². The van der Waals surface area contributed by atoms with Crippen molar-refractivity contribution in [3.05, 3.63) is 71.8 Å². The van der Waals surface area contributed by atoms with Crippen LogP contribution < -0.4 is 5.32 Å². The maximum Gasteiger partial charge on any atom is 0.239 e. The first-order valence-corrected chi connectivity index (χ1v) is 7.58. The summed E-state index contributed by atoms with van der Waals surface area (Å²) in [5.41, 5.74) is 1.45. The van der Waals surface area contributed by atoms with E-state index >= 15 is 0 Å². The minimum absolute atomic E-state index is 0.0315. The van der Waals surface area contributed by atoms with Crippen LogP contribution in [0.25, 0.3) is 0 Å². The molecule has 0 unspecified atom stereocenters. The van der Waals surface area contributed by atoms with E-state index in [1.807, 2.05) is 53.4 Å². The molecule has 1 amide bonds. The zero-order chi connectivity index (χ0) is 15.0. The molecule has 112 valence electrons. The van der Waals surface area contributed by atoms with E-state index in [4.69, 9.17) is 4.74 Å². The van der Waals surface area contributed by atoms with E-state index in [0.717, 1.165) is 11.1 Å². The second-order valence-corrected chi connectivity index (χ2v) is 5.76. The molecule has 2 atom stereocenters. The number of carbonyl (C=O) groups excluding carboxylic acids is 1. The third kappa shape index (κ3) is 1.95. The van der Waals surface area contributed by atoms with Crippen LogP contribution in [0.1, 0.15) is 17.2 Å². The highest BCUT2D eigenvalue weighted by molar-refractivity contribution is 5.81. The Morgan fingerprint density at radius 3 is 2.45 bits per heavy atom. The van der Waals surface area contributed by atoms with Gasteiger partial charge in [0, 0.05) is 12.1 Å². The monoisotopic (exact) mass is 294 g/mol. The zero-order valence-corrected chi connectivity index (χ0v) is 12.2. The van der Waals surface area contributed by atoms with Crippen molar-refractivity contribution in [3.8, 4) is 0 Å². The SMILES string of the molecule is O=C1CNC[C@]2(c3ccccc3)OC[C@@H](c3ccccc3)N12. The van der Waals surface area contributed by atoms with Gasteiger partial charge >= 0.3 is 0 Å². The maximum atomic E-state index is 12.6. The number of nitrogens with one attached hydrogen (secondary N) is 1. The van der Waals surface area contributed by atoms with Crippen LogP contribution in [-0.4, -0.2) is 30.5 Å². The standard InChI is InChI=1S/C18H18N2O2/c21-17-11-19-13-18(15-9-5-2-6-10-15)20(17)16(12-22-18)14-7-3-1-4-8-14/h1-10,16,19H,11-13H2/t16-,18+/m0/s1. The molecule has 4 heteroatoms. The fraction of sp³-hybridized carbons (Fsp3) is 0.278. The van der Waals surface area contributed by atoms with Gasteiger partial charge in [0.2, 0.25) is 5.91 Å². The highest BCUT2D eigenvalue weighted by Crippen LogP contribution is 2.44. The predicted octanol–water partition coefficient (Wildman–Crippen LogP) is 2.04. The molecule has 2 heterocycles. The second-order valence-electron chi connectivity index (χ2n) is 5.76. The zero-order valence-electron chi connectivity index (χ0n) is 12.2. The minimum atomic E-state index is -0.697. The third-order valence-corrected chi connectivity index (χ3v) is 4.50. The minimum Gasteiger partial charge on any atom is -0.347 e. The summed E-state index contributed by atoms with van der Waals surface area (Å²) in [6.07, 6.45) is 0. The van der Waals surface area contributed by atoms with E-state index in [0.29, 0.717) is 19.7 Å². The molecule has 2 fully saturated rings. The smallest absolute Gasteiger partial charge is 0.239 e. The van der Waals surface area contributed by atoms with Crippen LogP contribution in [0, 0.1) is 0 Å². The number of rotatable bonds is 2. The van der Waals surface area contributed by atoms with Crippen molar-refractivity contribution in [1.29, 1.82) is 0 Å². The lowest BCUT2D eigenvalue weighted by Crippen LogP contribution is -2.59. The summed E-state index contributed by atoms with van der Waals surface area (Å²) in [6, 6.07) is 20.1. The Kier molecular flexibility index (Phi) is 3.21. The third-order valence-electron chi connectivity index (χ3n) is 4.50. The average Bonchev–Trinajstić information content (AvgIpc) is 2.99. The van der Waals surface area contributed by atoms with Crippen LogP contribution in [0.5, 0.6) is 0 Å². The largest absolute Gasteiger partial charge is 0.347 e. The molecule has 2 aliphatic rings. The molecule has 4 rings (SSSR count). The van der Waals surface area contributed by atoms with E-state index in [1.165, 1.54) is 0 Å². The van der Waals surface area contributed by atoms with Gasteiger partial charge in [0.1, 0.15) is 0 Å². The van der Waals surface area contributed by atoms with Gasteiger partial charge in [-0.05, 0) is 5.56 Å². The molecule has 4 nitrogen and oxygen atoms in total. The van der Waals surface area contributed by atoms with E-state index < -0.39 is 5.72 Å². The Labute approximate surface area is 129 Å². The Morgan fingerprint density at radius 2 is 1.73 bits per heavy atom. The Morgan fingerprint density at radius 1 is 1.05 bits per heavy atom. The molecule has 0 aromatic heterocycles. The van der Waals surface area contributed by atoms with Gasteiger partial charge in [-0.1, -0.05) is 60.7 Å².